The van der Waals surface area contributed by atoms with Gasteiger partial charge < -0.3 is 20.2 Å². The van der Waals surface area contributed by atoms with Crippen LogP contribution in [-0.2, 0) is 29.5 Å². The highest BCUT2D eigenvalue weighted by atomic mass is 35.5. The zero-order chi connectivity index (χ0) is 42.3. The summed E-state index contributed by atoms with van der Waals surface area (Å²) in [5, 5.41) is 12.6. The number of hydrogen-bond acceptors (Lipinski definition) is 10. The summed E-state index contributed by atoms with van der Waals surface area (Å²) in [6.07, 6.45) is -1.08. The Hall–Kier alpha value is -6.21. The van der Waals surface area contributed by atoms with Gasteiger partial charge in [-0.2, -0.15) is 0 Å². The molecule has 2 aliphatic rings. The monoisotopic (exact) mass is 867 g/mol. The van der Waals surface area contributed by atoms with Crippen molar-refractivity contribution in [3.8, 4) is 0 Å². The van der Waals surface area contributed by atoms with Gasteiger partial charge in [-0.05, 0) is 47.2 Å². The Morgan fingerprint density at radius 2 is 1.33 bits per heavy atom. The first kappa shape index (κ1) is 41.5. The molecule has 0 bridgehead atoms. The first-order chi connectivity index (χ1) is 29.8. The third kappa shape index (κ3) is 8.56. The number of thiazole rings is 1. The maximum Gasteiger partial charge on any atom is 0.356 e. The number of β-lactam (4-membered cyclic amide) rings is 1. The van der Waals surface area contributed by atoms with Gasteiger partial charge in [0.2, 0.25) is 0 Å². The average molecular weight is 868 g/mol. The molecule has 1 saturated heterocycles. The largest absolute Gasteiger partial charge is 0.448 e. The third-order valence-corrected chi connectivity index (χ3v) is 12.8. The van der Waals surface area contributed by atoms with E-state index in [1.165, 1.54) is 28.0 Å². The van der Waals surface area contributed by atoms with E-state index in [4.69, 9.17) is 26.2 Å². The Labute approximate surface area is 367 Å². The molecule has 0 spiro atoms. The second-order valence-corrected chi connectivity index (χ2v) is 16.9. The summed E-state index contributed by atoms with van der Waals surface area (Å²) in [6, 6.07) is 48.2. The molecular formula is C48H42ClN5O5S2. The number of alkyl halides is 1. The highest BCUT2D eigenvalue weighted by Gasteiger charge is 2.55. The number of anilines is 1. The lowest BCUT2D eigenvalue weighted by Crippen LogP contribution is -2.71. The number of aromatic nitrogens is 1. The van der Waals surface area contributed by atoms with Crippen molar-refractivity contribution in [3.63, 3.8) is 0 Å². The van der Waals surface area contributed by atoms with E-state index in [1.54, 1.807) is 19.2 Å². The summed E-state index contributed by atoms with van der Waals surface area (Å²) in [5.74, 6) is -1.42. The third-order valence-electron chi connectivity index (χ3n) is 10.3. The van der Waals surface area contributed by atoms with E-state index in [-0.39, 0.29) is 29.1 Å². The van der Waals surface area contributed by atoms with Crippen LogP contribution in [0.5, 0.6) is 0 Å². The molecule has 3 heterocycles. The van der Waals surface area contributed by atoms with Crippen molar-refractivity contribution in [1.82, 2.24) is 15.2 Å². The van der Waals surface area contributed by atoms with Gasteiger partial charge >= 0.3 is 5.97 Å². The second kappa shape index (κ2) is 18.6. The van der Waals surface area contributed by atoms with E-state index in [2.05, 4.69) is 52.2 Å². The molecule has 2 amide bonds. The van der Waals surface area contributed by atoms with Crippen molar-refractivity contribution in [2.75, 3.05) is 16.9 Å². The Morgan fingerprint density at radius 3 is 1.82 bits per heavy atom. The maximum absolute atomic E-state index is 14.3. The first-order valence-corrected chi connectivity index (χ1v) is 22.2. The number of hydrogen-bond donors (Lipinski definition) is 2. The number of ether oxygens (including phenoxy) is 1. The minimum Gasteiger partial charge on any atom is -0.448 e. The van der Waals surface area contributed by atoms with Crippen LogP contribution in [0.2, 0.25) is 0 Å². The van der Waals surface area contributed by atoms with Crippen molar-refractivity contribution >= 4 is 63.3 Å². The molecule has 0 radical (unpaired) electrons. The fourth-order valence-corrected chi connectivity index (χ4v) is 9.90. The molecule has 8 rings (SSSR count). The van der Waals surface area contributed by atoms with Crippen LogP contribution in [0.15, 0.2) is 173 Å². The molecule has 2 atom stereocenters. The number of nitrogens with zero attached hydrogens (tertiary/aromatic N) is 3. The Morgan fingerprint density at radius 1 is 0.820 bits per heavy atom. The van der Waals surface area contributed by atoms with Crippen LogP contribution in [0.25, 0.3) is 0 Å². The minimum atomic E-state index is -0.974. The molecule has 0 saturated carbocycles. The molecule has 2 aliphatic heterocycles. The number of rotatable bonds is 15. The number of carbonyl (C=O) groups excluding carboxylic acids is 3. The van der Waals surface area contributed by atoms with Crippen LogP contribution in [0.4, 0.5) is 5.13 Å². The van der Waals surface area contributed by atoms with Gasteiger partial charge in [0.15, 0.2) is 16.9 Å². The lowest BCUT2D eigenvalue weighted by Gasteiger charge is -2.49. The molecule has 2 N–H and O–H groups in total. The molecule has 10 nitrogen and oxygen atoms in total. The van der Waals surface area contributed by atoms with E-state index >= 15 is 0 Å². The normalized spacial score (nSPS) is 16.5. The topological polar surface area (TPSA) is 122 Å². The number of amides is 2. The number of oxime groups is 1. The number of halogens is 1. The molecule has 6 aromatic rings. The minimum absolute atomic E-state index is 0.0238. The van der Waals surface area contributed by atoms with Crippen molar-refractivity contribution in [2.24, 2.45) is 5.16 Å². The molecule has 1 unspecified atom stereocenters. The van der Waals surface area contributed by atoms with Crippen molar-refractivity contribution in [2.45, 2.75) is 43.0 Å². The molecule has 1 fully saturated rings. The van der Waals surface area contributed by atoms with Gasteiger partial charge in [0.05, 0.1) is 0 Å². The number of thioether (sulfide) groups is 1. The number of fused-ring (bicyclic) bond motifs is 1. The Bertz CT molecular complexity index is 2400. The highest BCUT2D eigenvalue weighted by Crippen LogP contribution is 2.43. The molecule has 308 valence electrons. The summed E-state index contributed by atoms with van der Waals surface area (Å²) in [6.45, 7) is 3.60. The number of benzene rings is 5. The molecule has 13 heteroatoms. The molecular weight excluding hydrogens is 826 g/mol. The van der Waals surface area contributed by atoms with Crippen LogP contribution in [0.1, 0.15) is 53.5 Å². The molecule has 1 aromatic heterocycles. The maximum atomic E-state index is 14.3. The smallest absolute Gasteiger partial charge is 0.356 e. The quantitative estimate of drug-likeness (QED) is 0.0262. The standard InChI is InChI=1S/C48H42ClN5O5S2/c1-31(2)59-53-39(38-30-61-47(50-38)52-48(35-22-12-5-13-23-35,36-24-14-6-15-25-36)37-26-16-7-17-27-37)43(55)51-40-44(56)54-41(34(28-49)29-60-45(40)54)46(57)58-42(32-18-8-3-9-19-32)33-20-10-4-11-21-33/h3-27,30-31,40,42,45H,28-29H2,1-2H3,(H,50,52)(H,51,55)/t40?,45-/m1/s1. The molecule has 5 aromatic carbocycles. The zero-order valence-electron chi connectivity index (χ0n) is 33.3. The van der Waals surface area contributed by atoms with E-state index in [1.807, 2.05) is 115 Å². The molecule has 61 heavy (non-hydrogen) atoms. The van der Waals surface area contributed by atoms with E-state index in [9.17, 15) is 14.4 Å². The van der Waals surface area contributed by atoms with Gasteiger partial charge in [0.1, 0.15) is 34.4 Å². The van der Waals surface area contributed by atoms with E-state index < -0.39 is 40.8 Å². The SMILES string of the molecule is CC(C)ON=C(C(=O)NC1C(=O)N2C(C(=O)OC(c3ccccc3)c3ccccc3)=C(CCl)CS[C@H]12)c1csc(NC(c2ccccc2)(c2ccccc2)c2ccccc2)n1. The summed E-state index contributed by atoms with van der Waals surface area (Å²) in [7, 11) is 0. The van der Waals surface area contributed by atoms with Gasteiger partial charge in [-0.15, -0.1) is 34.7 Å². The second-order valence-electron chi connectivity index (χ2n) is 14.7. The van der Waals surface area contributed by atoms with E-state index in [0.717, 1.165) is 27.8 Å². The summed E-state index contributed by atoms with van der Waals surface area (Å²) >= 11 is 9.11. The summed E-state index contributed by atoms with van der Waals surface area (Å²) in [4.78, 5) is 54.4. The molecule has 0 aliphatic carbocycles. The van der Waals surface area contributed by atoms with Crippen molar-refractivity contribution in [3.05, 3.63) is 202 Å². The number of nitrogens with one attached hydrogen (secondary N) is 2. The predicted octanol–water partition coefficient (Wildman–Crippen LogP) is 8.90. The van der Waals surface area contributed by atoms with Crippen molar-refractivity contribution < 1.29 is 24.0 Å². The van der Waals surface area contributed by atoms with Gasteiger partial charge in [-0.1, -0.05) is 157 Å². The Balaban J connectivity index is 1.05. The number of esters is 1. The lowest BCUT2D eigenvalue weighted by atomic mass is 9.77. The average Bonchev–Trinajstić information content (AvgIpc) is 3.77. The van der Waals surface area contributed by atoms with Crippen LogP contribution >= 0.6 is 34.7 Å². The zero-order valence-corrected chi connectivity index (χ0v) is 35.7. The Kier molecular flexibility index (Phi) is 12.7. The van der Waals surface area contributed by atoms with Gasteiger partial charge in [-0.25, -0.2) is 9.78 Å². The summed E-state index contributed by atoms with van der Waals surface area (Å²) in [5.41, 5.74) is 4.48. The van der Waals surface area contributed by atoms with Gasteiger partial charge in [0, 0.05) is 17.0 Å². The van der Waals surface area contributed by atoms with Crippen LogP contribution in [0.3, 0.4) is 0 Å². The lowest BCUT2D eigenvalue weighted by molar-refractivity contribution is -0.154. The summed E-state index contributed by atoms with van der Waals surface area (Å²) < 4.78 is 6.19. The van der Waals surface area contributed by atoms with Gasteiger partial charge in [0.25, 0.3) is 11.8 Å². The fourth-order valence-electron chi connectivity index (χ4n) is 7.48. The van der Waals surface area contributed by atoms with Crippen molar-refractivity contribution in [1.29, 1.82) is 0 Å². The van der Waals surface area contributed by atoms with Crippen LogP contribution in [0, 0.1) is 0 Å². The fraction of sp³-hybridized carbons (Fsp3) is 0.188. The predicted molar refractivity (Wildman–Crippen MR) is 241 cm³/mol. The van der Waals surface area contributed by atoms with Gasteiger partial charge in [-0.3, -0.25) is 14.5 Å². The van der Waals surface area contributed by atoms with Crippen LogP contribution < -0.4 is 10.6 Å². The van der Waals surface area contributed by atoms with E-state index in [0.29, 0.717) is 16.5 Å². The highest BCUT2D eigenvalue weighted by molar-refractivity contribution is 8.00. The van der Waals surface area contributed by atoms with Crippen LogP contribution in [-0.4, -0.2) is 62.5 Å². The number of carbonyl (C=O) groups is 3. The first-order valence-electron chi connectivity index (χ1n) is 19.8.